The number of para-hydroxylation sites is 1. The van der Waals surface area contributed by atoms with E-state index in [1.807, 2.05) is 0 Å². The van der Waals surface area contributed by atoms with Crippen LogP contribution in [0.5, 0.6) is 0 Å². The van der Waals surface area contributed by atoms with Crippen LogP contribution < -0.4 is 10.7 Å². The number of benzene rings is 1. The molecule has 1 amide bonds. The predicted molar refractivity (Wildman–Crippen MR) is 76.0 cm³/mol. The number of rotatable bonds is 4. The summed E-state index contributed by atoms with van der Waals surface area (Å²) in [6.07, 6.45) is 2.46. The molecule has 6 nitrogen and oxygen atoms in total. The summed E-state index contributed by atoms with van der Waals surface area (Å²) >= 11 is 0. The van der Waals surface area contributed by atoms with Gasteiger partial charge in [0.2, 0.25) is 5.91 Å². The molecule has 0 spiro atoms. The van der Waals surface area contributed by atoms with Gasteiger partial charge in [-0.25, -0.2) is 4.79 Å². The highest BCUT2D eigenvalue weighted by atomic mass is 16.4. The number of carboxylic acid groups (broad SMARTS) is 1. The van der Waals surface area contributed by atoms with Crippen molar-refractivity contribution in [3.05, 3.63) is 46.8 Å². The summed E-state index contributed by atoms with van der Waals surface area (Å²) in [4.78, 5) is 34.8. The molecule has 1 aromatic carbocycles. The van der Waals surface area contributed by atoms with Crippen molar-refractivity contribution in [3.63, 3.8) is 0 Å². The van der Waals surface area contributed by atoms with E-state index in [1.165, 1.54) is 6.07 Å². The van der Waals surface area contributed by atoms with E-state index in [4.69, 9.17) is 5.11 Å². The van der Waals surface area contributed by atoms with Crippen molar-refractivity contribution in [2.75, 3.05) is 0 Å². The zero-order valence-electron chi connectivity index (χ0n) is 11.2. The maximum atomic E-state index is 12.0. The Bertz CT molecular complexity index is 790. The van der Waals surface area contributed by atoms with Gasteiger partial charge in [-0.3, -0.25) is 9.59 Å². The molecule has 0 saturated heterocycles. The molecule has 108 valence electrons. The minimum atomic E-state index is -1.09. The average Bonchev–Trinajstić information content (AvgIpc) is 3.23. The Morgan fingerprint density at radius 2 is 1.95 bits per heavy atom. The summed E-state index contributed by atoms with van der Waals surface area (Å²) < 4.78 is 1.64. The Hall–Kier alpha value is -2.63. The molecule has 1 aliphatic rings. The number of hydrogen-bond acceptors (Lipinski definition) is 3. The number of aromatic nitrogens is 1. The van der Waals surface area contributed by atoms with Crippen molar-refractivity contribution in [2.24, 2.45) is 0 Å². The van der Waals surface area contributed by atoms with Crippen LogP contribution in [-0.4, -0.2) is 27.1 Å². The fraction of sp³-hybridized carbons (Fsp3) is 0.267. The lowest BCUT2D eigenvalue weighted by molar-refractivity contribution is -0.143. The van der Waals surface area contributed by atoms with E-state index in [1.54, 1.807) is 35.0 Å². The van der Waals surface area contributed by atoms with Gasteiger partial charge in [-0.2, -0.15) is 0 Å². The summed E-state index contributed by atoms with van der Waals surface area (Å²) in [6.45, 7) is -0.0180. The van der Waals surface area contributed by atoms with Gasteiger partial charge in [0.25, 0.3) is 0 Å². The van der Waals surface area contributed by atoms with Gasteiger partial charge in [0, 0.05) is 17.6 Å². The van der Waals surface area contributed by atoms with Crippen molar-refractivity contribution in [1.29, 1.82) is 0 Å². The molecule has 3 rings (SSSR count). The number of carboxylic acids is 1. The monoisotopic (exact) mass is 286 g/mol. The van der Waals surface area contributed by atoms with Crippen LogP contribution >= 0.6 is 0 Å². The van der Waals surface area contributed by atoms with Crippen LogP contribution in [-0.2, 0) is 16.1 Å². The van der Waals surface area contributed by atoms with Crippen molar-refractivity contribution in [3.8, 4) is 0 Å². The van der Waals surface area contributed by atoms with Crippen LogP contribution in [0.3, 0.4) is 0 Å². The number of pyridine rings is 1. The molecule has 0 unspecified atom stereocenters. The molecule has 2 aromatic rings. The van der Waals surface area contributed by atoms with Crippen molar-refractivity contribution in [2.45, 2.75) is 24.9 Å². The van der Waals surface area contributed by atoms with E-state index < -0.39 is 11.5 Å². The van der Waals surface area contributed by atoms with Crippen molar-refractivity contribution < 1.29 is 14.7 Å². The van der Waals surface area contributed by atoms with Crippen LogP contribution in [0.25, 0.3) is 10.9 Å². The molecule has 1 fully saturated rings. The fourth-order valence-corrected chi connectivity index (χ4v) is 2.38. The highest BCUT2D eigenvalue weighted by molar-refractivity contribution is 5.90. The maximum absolute atomic E-state index is 12.0. The summed E-state index contributed by atoms with van der Waals surface area (Å²) in [7, 11) is 0. The number of amides is 1. The van der Waals surface area contributed by atoms with Crippen LogP contribution in [0.2, 0.25) is 0 Å². The largest absolute Gasteiger partial charge is 0.480 e. The second-order valence-electron chi connectivity index (χ2n) is 5.26. The first-order valence-corrected chi connectivity index (χ1v) is 6.64. The molecule has 2 N–H and O–H groups in total. The Morgan fingerprint density at radius 1 is 1.24 bits per heavy atom. The molecule has 0 atom stereocenters. The molecule has 0 aliphatic heterocycles. The number of aliphatic carboxylic acids is 1. The minimum absolute atomic E-state index is 0.0180. The number of nitrogens with zero attached hydrogens (tertiary/aromatic N) is 1. The zero-order chi connectivity index (χ0) is 15.0. The van der Waals surface area contributed by atoms with Crippen molar-refractivity contribution >= 4 is 22.8 Å². The highest BCUT2D eigenvalue weighted by Crippen LogP contribution is 2.35. The number of carbonyl (C=O) groups is 2. The van der Waals surface area contributed by atoms with E-state index in [0.717, 1.165) is 0 Å². The van der Waals surface area contributed by atoms with Gasteiger partial charge >= 0.3 is 5.97 Å². The first-order chi connectivity index (χ1) is 10.0. The van der Waals surface area contributed by atoms with E-state index in [9.17, 15) is 14.4 Å². The predicted octanol–water partition coefficient (Wildman–Crippen LogP) is 0.735. The van der Waals surface area contributed by atoms with Crippen LogP contribution in [0.4, 0.5) is 0 Å². The zero-order valence-corrected chi connectivity index (χ0v) is 11.2. The molecular weight excluding hydrogens is 272 g/mol. The Morgan fingerprint density at radius 3 is 2.62 bits per heavy atom. The topological polar surface area (TPSA) is 88.4 Å². The maximum Gasteiger partial charge on any atom is 0.329 e. The number of fused-ring (bicyclic) bond motifs is 1. The van der Waals surface area contributed by atoms with Crippen LogP contribution in [0, 0.1) is 0 Å². The van der Waals surface area contributed by atoms with Crippen LogP contribution in [0.1, 0.15) is 12.8 Å². The molecule has 1 aliphatic carbocycles. The SMILES string of the molecule is O=C(Cn1ccc(=O)c2ccccc21)NC1(C(=O)O)CC1. The highest BCUT2D eigenvalue weighted by Gasteiger charge is 2.51. The third kappa shape index (κ3) is 2.40. The Balaban J connectivity index is 1.86. The average molecular weight is 286 g/mol. The number of hydrogen-bond donors (Lipinski definition) is 2. The second kappa shape index (κ2) is 4.73. The molecule has 21 heavy (non-hydrogen) atoms. The molecule has 0 radical (unpaired) electrons. The lowest BCUT2D eigenvalue weighted by Crippen LogP contribution is -2.44. The molecule has 6 heteroatoms. The van der Waals surface area contributed by atoms with E-state index in [0.29, 0.717) is 23.7 Å². The minimum Gasteiger partial charge on any atom is -0.480 e. The molecule has 1 aromatic heterocycles. The second-order valence-corrected chi connectivity index (χ2v) is 5.26. The van der Waals surface area contributed by atoms with Gasteiger partial charge in [-0.15, -0.1) is 0 Å². The Labute approximate surface area is 120 Å². The van der Waals surface area contributed by atoms with Gasteiger partial charge in [-0.1, -0.05) is 12.1 Å². The third-order valence-corrected chi connectivity index (χ3v) is 3.74. The Kier molecular flexibility index (Phi) is 3.01. The third-order valence-electron chi connectivity index (χ3n) is 3.74. The number of carbonyl (C=O) groups excluding carboxylic acids is 1. The standard InChI is InChI=1S/C15H14N2O4/c18-12-5-8-17(11-4-2-1-3-10(11)12)9-13(19)16-15(6-7-15)14(20)21/h1-5,8H,6-7,9H2,(H,16,19)(H,20,21). The lowest BCUT2D eigenvalue weighted by atomic mass is 10.2. The summed E-state index contributed by atoms with van der Waals surface area (Å²) in [5.41, 5.74) is -0.543. The van der Waals surface area contributed by atoms with E-state index >= 15 is 0 Å². The summed E-state index contributed by atoms with van der Waals surface area (Å²) in [6, 6.07) is 8.41. The summed E-state index contributed by atoms with van der Waals surface area (Å²) in [5, 5.41) is 12.2. The molecule has 1 heterocycles. The summed E-state index contributed by atoms with van der Waals surface area (Å²) in [5.74, 6) is -1.37. The van der Waals surface area contributed by atoms with Gasteiger partial charge in [0.1, 0.15) is 12.1 Å². The normalized spacial score (nSPS) is 15.6. The van der Waals surface area contributed by atoms with Gasteiger partial charge in [0.05, 0.1) is 5.52 Å². The number of nitrogens with one attached hydrogen (secondary N) is 1. The molecule has 1 saturated carbocycles. The van der Waals surface area contributed by atoms with E-state index in [2.05, 4.69) is 5.32 Å². The van der Waals surface area contributed by atoms with Crippen molar-refractivity contribution in [1.82, 2.24) is 9.88 Å². The quantitative estimate of drug-likeness (QED) is 0.867. The van der Waals surface area contributed by atoms with Gasteiger partial charge < -0.3 is 15.0 Å². The van der Waals surface area contributed by atoms with Gasteiger partial charge in [0.15, 0.2) is 5.43 Å². The molecular formula is C15H14N2O4. The van der Waals surface area contributed by atoms with E-state index in [-0.39, 0.29) is 17.9 Å². The fourth-order valence-electron chi connectivity index (χ4n) is 2.38. The first kappa shape index (κ1) is 13.4. The smallest absolute Gasteiger partial charge is 0.329 e. The van der Waals surface area contributed by atoms with Crippen LogP contribution in [0.15, 0.2) is 41.3 Å². The molecule has 0 bridgehead atoms. The first-order valence-electron chi connectivity index (χ1n) is 6.64. The lowest BCUT2D eigenvalue weighted by Gasteiger charge is -2.14. The van der Waals surface area contributed by atoms with Gasteiger partial charge in [-0.05, 0) is 25.0 Å².